The second kappa shape index (κ2) is 6.78. The third-order valence-electron chi connectivity index (χ3n) is 2.14. The second-order valence-corrected chi connectivity index (χ2v) is 3.60. The number of hydrogen-bond acceptors (Lipinski definition) is 4. The molecule has 4 nitrogen and oxygen atoms in total. The van der Waals surface area contributed by atoms with Crippen molar-refractivity contribution in [1.82, 2.24) is 0 Å². The number of methoxy groups -OCH3 is 1. The quantitative estimate of drug-likeness (QED) is 0.714. The first kappa shape index (κ1) is 13.4. The first-order chi connectivity index (χ1) is 8.17. The monoisotopic (exact) mass is 238 g/mol. The Bertz CT molecular complexity index is 345. The minimum absolute atomic E-state index is 0.392. The van der Waals surface area contributed by atoms with Crippen LogP contribution in [0, 0.1) is 0 Å². The van der Waals surface area contributed by atoms with E-state index in [2.05, 4.69) is 11.7 Å². The van der Waals surface area contributed by atoms with Crippen LogP contribution in [-0.4, -0.2) is 25.8 Å². The first-order valence-corrected chi connectivity index (χ1v) is 5.64. The van der Waals surface area contributed by atoms with Crippen molar-refractivity contribution >= 4 is 5.97 Å². The highest BCUT2D eigenvalue weighted by Crippen LogP contribution is 2.18. The lowest BCUT2D eigenvalue weighted by Crippen LogP contribution is -2.24. The molecular formula is C13H18O4. The van der Waals surface area contributed by atoms with Crippen LogP contribution in [0.5, 0.6) is 11.5 Å². The van der Waals surface area contributed by atoms with Crippen molar-refractivity contribution in [3.63, 3.8) is 0 Å². The van der Waals surface area contributed by atoms with Gasteiger partial charge in [-0.1, -0.05) is 6.92 Å². The molecule has 17 heavy (non-hydrogen) atoms. The van der Waals surface area contributed by atoms with Crippen LogP contribution in [0.25, 0.3) is 0 Å². The molecule has 0 N–H and O–H groups in total. The number of rotatable bonds is 6. The Morgan fingerprint density at radius 3 is 2.35 bits per heavy atom. The van der Waals surface area contributed by atoms with Crippen molar-refractivity contribution in [1.29, 1.82) is 0 Å². The molecule has 1 aromatic rings. The zero-order chi connectivity index (χ0) is 12.7. The Hall–Kier alpha value is -1.71. The summed E-state index contributed by atoms with van der Waals surface area (Å²) in [6, 6.07) is 7.17. The Kier molecular flexibility index (Phi) is 5.33. The van der Waals surface area contributed by atoms with Crippen molar-refractivity contribution in [2.75, 3.05) is 13.7 Å². The van der Waals surface area contributed by atoms with Gasteiger partial charge in [0.1, 0.15) is 11.5 Å². The number of benzene rings is 1. The maximum absolute atomic E-state index is 11.2. The van der Waals surface area contributed by atoms with Gasteiger partial charge in [0.05, 0.1) is 13.7 Å². The maximum atomic E-state index is 11.2. The lowest BCUT2D eigenvalue weighted by atomic mass is 10.3. The fourth-order valence-electron chi connectivity index (χ4n) is 1.25. The summed E-state index contributed by atoms with van der Waals surface area (Å²) in [6.07, 6.45) is 0.361. The summed E-state index contributed by atoms with van der Waals surface area (Å²) >= 11 is 0. The normalized spacial score (nSPS) is 11.7. The molecule has 0 radical (unpaired) electrons. The Balaban J connectivity index is 2.53. The summed E-state index contributed by atoms with van der Waals surface area (Å²) < 4.78 is 15.4. The number of ether oxygens (including phenoxy) is 3. The highest BCUT2D eigenvalue weighted by atomic mass is 16.6. The molecule has 0 aliphatic carbocycles. The topological polar surface area (TPSA) is 44.8 Å². The average Bonchev–Trinajstić information content (AvgIpc) is 2.37. The molecule has 0 aromatic heterocycles. The van der Waals surface area contributed by atoms with E-state index in [9.17, 15) is 4.79 Å². The first-order valence-electron chi connectivity index (χ1n) is 5.64. The van der Waals surface area contributed by atoms with Crippen molar-refractivity contribution in [2.45, 2.75) is 26.4 Å². The molecule has 0 amide bonds. The summed E-state index contributed by atoms with van der Waals surface area (Å²) in [5, 5.41) is 0. The van der Waals surface area contributed by atoms with Crippen LogP contribution in [0.3, 0.4) is 0 Å². The number of hydrogen-bond donors (Lipinski definition) is 0. The third-order valence-corrected chi connectivity index (χ3v) is 2.14. The molecular weight excluding hydrogens is 220 g/mol. The van der Waals surface area contributed by atoms with E-state index in [1.165, 1.54) is 7.11 Å². The summed E-state index contributed by atoms with van der Waals surface area (Å²) in [5.74, 6) is 1.02. The molecule has 0 aliphatic rings. The molecule has 0 spiro atoms. The van der Waals surface area contributed by atoms with E-state index in [-0.39, 0.29) is 0 Å². The van der Waals surface area contributed by atoms with E-state index in [1.54, 1.807) is 19.1 Å². The molecule has 1 aromatic carbocycles. The Labute approximate surface area is 101 Å². The standard InChI is InChI=1S/C13H18O4/c1-4-9-16-11-5-7-12(8-6-11)17-10(2)13(14)15-3/h5-8,10H,4,9H2,1-3H3. The van der Waals surface area contributed by atoms with Gasteiger partial charge in [0.15, 0.2) is 6.10 Å². The minimum atomic E-state index is -0.609. The SMILES string of the molecule is CCCOc1ccc(OC(C)C(=O)OC)cc1. The van der Waals surface area contributed by atoms with Gasteiger partial charge in [0, 0.05) is 0 Å². The Morgan fingerprint density at radius 1 is 1.24 bits per heavy atom. The molecule has 0 heterocycles. The fraction of sp³-hybridized carbons (Fsp3) is 0.462. The highest BCUT2D eigenvalue weighted by Gasteiger charge is 2.14. The van der Waals surface area contributed by atoms with Gasteiger partial charge in [-0.3, -0.25) is 0 Å². The van der Waals surface area contributed by atoms with Crippen LogP contribution < -0.4 is 9.47 Å². The van der Waals surface area contributed by atoms with Crippen LogP contribution in [0.4, 0.5) is 0 Å². The third kappa shape index (κ3) is 4.34. The summed E-state index contributed by atoms with van der Waals surface area (Å²) in [6.45, 7) is 4.39. The van der Waals surface area contributed by atoms with E-state index in [0.717, 1.165) is 12.2 Å². The smallest absolute Gasteiger partial charge is 0.346 e. The largest absolute Gasteiger partial charge is 0.494 e. The minimum Gasteiger partial charge on any atom is -0.494 e. The van der Waals surface area contributed by atoms with Gasteiger partial charge in [0.25, 0.3) is 0 Å². The fourth-order valence-corrected chi connectivity index (χ4v) is 1.25. The molecule has 1 rings (SSSR count). The summed E-state index contributed by atoms with van der Waals surface area (Å²) in [5.41, 5.74) is 0. The van der Waals surface area contributed by atoms with Gasteiger partial charge in [-0.05, 0) is 37.6 Å². The number of carbonyl (C=O) groups excluding carboxylic acids is 1. The van der Waals surface area contributed by atoms with Crippen LogP contribution in [0.2, 0.25) is 0 Å². The Morgan fingerprint density at radius 2 is 1.82 bits per heavy atom. The van der Waals surface area contributed by atoms with E-state index in [0.29, 0.717) is 12.4 Å². The van der Waals surface area contributed by atoms with Crippen LogP contribution in [-0.2, 0) is 9.53 Å². The number of carbonyl (C=O) groups is 1. The average molecular weight is 238 g/mol. The molecule has 1 unspecified atom stereocenters. The van der Waals surface area contributed by atoms with Crippen molar-refractivity contribution < 1.29 is 19.0 Å². The van der Waals surface area contributed by atoms with Gasteiger partial charge in [0.2, 0.25) is 0 Å². The van der Waals surface area contributed by atoms with Crippen LogP contribution >= 0.6 is 0 Å². The predicted molar refractivity (Wildman–Crippen MR) is 64.3 cm³/mol. The molecule has 0 bridgehead atoms. The van der Waals surface area contributed by atoms with E-state index < -0.39 is 12.1 Å². The van der Waals surface area contributed by atoms with Crippen molar-refractivity contribution in [2.24, 2.45) is 0 Å². The molecule has 1 atom stereocenters. The van der Waals surface area contributed by atoms with Gasteiger partial charge in [-0.15, -0.1) is 0 Å². The van der Waals surface area contributed by atoms with Crippen molar-refractivity contribution in [3.8, 4) is 11.5 Å². The number of esters is 1. The highest BCUT2D eigenvalue weighted by molar-refractivity contribution is 5.74. The molecule has 0 saturated carbocycles. The zero-order valence-corrected chi connectivity index (χ0v) is 10.4. The molecule has 94 valence electrons. The predicted octanol–water partition coefficient (Wildman–Crippen LogP) is 2.42. The van der Waals surface area contributed by atoms with Gasteiger partial charge < -0.3 is 14.2 Å². The lowest BCUT2D eigenvalue weighted by Gasteiger charge is -2.12. The van der Waals surface area contributed by atoms with Crippen LogP contribution in [0.1, 0.15) is 20.3 Å². The summed E-state index contributed by atoms with van der Waals surface area (Å²) in [4.78, 5) is 11.2. The lowest BCUT2D eigenvalue weighted by molar-refractivity contribution is -0.147. The molecule has 0 fully saturated rings. The van der Waals surface area contributed by atoms with Crippen molar-refractivity contribution in [3.05, 3.63) is 24.3 Å². The maximum Gasteiger partial charge on any atom is 0.346 e. The van der Waals surface area contributed by atoms with Gasteiger partial charge in [-0.25, -0.2) is 4.79 Å². The summed E-state index contributed by atoms with van der Waals surface area (Å²) in [7, 11) is 1.34. The van der Waals surface area contributed by atoms with Gasteiger partial charge >= 0.3 is 5.97 Å². The van der Waals surface area contributed by atoms with Gasteiger partial charge in [-0.2, -0.15) is 0 Å². The molecule has 0 aliphatic heterocycles. The van der Waals surface area contributed by atoms with E-state index >= 15 is 0 Å². The van der Waals surface area contributed by atoms with Crippen LogP contribution in [0.15, 0.2) is 24.3 Å². The second-order valence-electron chi connectivity index (χ2n) is 3.60. The molecule has 0 saturated heterocycles. The molecule has 4 heteroatoms. The van der Waals surface area contributed by atoms with E-state index in [4.69, 9.17) is 9.47 Å². The zero-order valence-electron chi connectivity index (χ0n) is 10.4. The van der Waals surface area contributed by atoms with E-state index in [1.807, 2.05) is 12.1 Å².